The van der Waals surface area contributed by atoms with E-state index in [1.54, 1.807) is 43.6 Å². The number of para-hydroxylation sites is 1. The number of carbonyl (C=O) groups excluding carboxylic acids is 1. The highest BCUT2D eigenvalue weighted by Gasteiger charge is 2.11. The number of benzene rings is 1. The molecule has 0 fully saturated rings. The van der Waals surface area contributed by atoms with Crippen molar-refractivity contribution in [3.05, 3.63) is 70.5 Å². The summed E-state index contributed by atoms with van der Waals surface area (Å²) in [5.74, 6) is 0.219. The zero-order valence-corrected chi connectivity index (χ0v) is 13.3. The molecule has 0 spiro atoms. The lowest BCUT2D eigenvalue weighted by Crippen LogP contribution is -2.23. The van der Waals surface area contributed by atoms with Crippen LogP contribution in [-0.2, 0) is 29.6 Å². The van der Waals surface area contributed by atoms with Crippen molar-refractivity contribution in [1.82, 2.24) is 14.5 Å². The van der Waals surface area contributed by atoms with Gasteiger partial charge in [0.1, 0.15) is 12.4 Å². The van der Waals surface area contributed by atoms with Crippen molar-refractivity contribution in [2.45, 2.75) is 19.4 Å². The van der Waals surface area contributed by atoms with Crippen molar-refractivity contribution in [1.29, 1.82) is 0 Å². The van der Waals surface area contributed by atoms with Gasteiger partial charge in [0, 0.05) is 19.7 Å². The van der Waals surface area contributed by atoms with Gasteiger partial charge in [0.05, 0.1) is 23.0 Å². The molecule has 2 aromatic heterocycles. The van der Waals surface area contributed by atoms with Gasteiger partial charge in [-0.15, -0.1) is 0 Å². The van der Waals surface area contributed by atoms with Crippen molar-refractivity contribution in [3.63, 3.8) is 0 Å². The Kier molecular flexibility index (Phi) is 4.65. The van der Waals surface area contributed by atoms with E-state index in [2.05, 4.69) is 9.97 Å². The predicted molar refractivity (Wildman–Crippen MR) is 89.3 cm³/mol. The van der Waals surface area contributed by atoms with Crippen LogP contribution < -0.4 is 5.56 Å². The molecule has 1 aromatic carbocycles. The number of pyridine rings is 1. The van der Waals surface area contributed by atoms with Gasteiger partial charge in [-0.2, -0.15) is 0 Å². The monoisotopic (exact) mass is 323 g/mol. The summed E-state index contributed by atoms with van der Waals surface area (Å²) < 4.78 is 6.67. The van der Waals surface area contributed by atoms with E-state index in [0.717, 1.165) is 0 Å². The second-order valence-electron chi connectivity index (χ2n) is 5.39. The third kappa shape index (κ3) is 3.48. The normalized spacial score (nSPS) is 10.7. The van der Waals surface area contributed by atoms with Crippen LogP contribution >= 0.6 is 0 Å². The second-order valence-corrected chi connectivity index (χ2v) is 5.39. The van der Waals surface area contributed by atoms with E-state index in [9.17, 15) is 9.59 Å². The third-order valence-electron chi connectivity index (χ3n) is 3.74. The zero-order chi connectivity index (χ0) is 16.9. The van der Waals surface area contributed by atoms with Gasteiger partial charge in [-0.1, -0.05) is 18.2 Å². The molecule has 0 aliphatic rings. The van der Waals surface area contributed by atoms with Crippen molar-refractivity contribution in [2.75, 3.05) is 0 Å². The van der Waals surface area contributed by atoms with E-state index in [1.807, 2.05) is 12.1 Å². The SMILES string of the molecule is Cn1c(CCC(=O)OCc2ccccn2)nc2ccccc2c1=O. The van der Waals surface area contributed by atoms with Crippen LogP contribution in [0.15, 0.2) is 53.5 Å². The Morgan fingerprint density at radius 2 is 1.96 bits per heavy atom. The number of rotatable bonds is 5. The molecule has 6 nitrogen and oxygen atoms in total. The van der Waals surface area contributed by atoms with E-state index in [1.165, 1.54) is 4.57 Å². The molecule has 0 amide bonds. The van der Waals surface area contributed by atoms with Crippen LogP contribution in [0.2, 0.25) is 0 Å². The van der Waals surface area contributed by atoms with E-state index in [4.69, 9.17) is 4.74 Å². The smallest absolute Gasteiger partial charge is 0.306 e. The number of carbonyl (C=O) groups is 1. The lowest BCUT2D eigenvalue weighted by Gasteiger charge is -2.09. The first-order valence-electron chi connectivity index (χ1n) is 7.65. The standard InChI is InChI=1S/C18H17N3O3/c1-21-16(20-15-8-3-2-7-14(15)18(21)23)9-10-17(22)24-12-13-6-4-5-11-19-13/h2-8,11H,9-10,12H2,1H3. The van der Waals surface area contributed by atoms with Gasteiger partial charge in [0.25, 0.3) is 5.56 Å². The van der Waals surface area contributed by atoms with E-state index < -0.39 is 0 Å². The minimum Gasteiger partial charge on any atom is -0.459 e. The van der Waals surface area contributed by atoms with Gasteiger partial charge in [-0.05, 0) is 24.3 Å². The first-order chi connectivity index (χ1) is 11.6. The topological polar surface area (TPSA) is 74.1 Å². The average Bonchev–Trinajstić information content (AvgIpc) is 2.62. The van der Waals surface area contributed by atoms with Crippen LogP contribution in [0.1, 0.15) is 17.9 Å². The molecule has 6 heteroatoms. The fourth-order valence-corrected chi connectivity index (χ4v) is 2.41. The number of aryl methyl sites for hydroxylation is 1. The first-order valence-corrected chi connectivity index (χ1v) is 7.65. The highest BCUT2D eigenvalue weighted by Crippen LogP contribution is 2.09. The van der Waals surface area contributed by atoms with Crippen LogP contribution in [0.25, 0.3) is 10.9 Å². The molecule has 0 radical (unpaired) electrons. The number of esters is 1. The number of aromatic nitrogens is 3. The second kappa shape index (κ2) is 7.04. The van der Waals surface area contributed by atoms with Gasteiger partial charge in [0.15, 0.2) is 0 Å². The van der Waals surface area contributed by atoms with Gasteiger partial charge < -0.3 is 4.74 Å². The molecule has 3 aromatic rings. The summed E-state index contributed by atoms with van der Waals surface area (Å²) >= 11 is 0. The summed E-state index contributed by atoms with van der Waals surface area (Å²) in [6, 6.07) is 12.6. The maximum atomic E-state index is 12.3. The molecule has 0 bridgehead atoms. The lowest BCUT2D eigenvalue weighted by molar-refractivity contribution is -0.145. The molecular formula is C18H17N3O3. The Hall–Kier alpha value is -3.02. The molecule has 122 valence electrons. The summed E-state index contributed by atoms with van der Waals surface area (Å²) in [7, 11) is 1.66. The summed E-state index contributed by atoms with van der Waals surface area (Å²) in [5, 5.41) is 0.571. The molecule has 0 N–H and O–H groups in total. The number of fused-ring (bicyclic) bond motifs is 1. The summed E-state index contributed by atoms with van der Waals surface area (Å²) in [4.78, 5) is 32.7. The summed E-state index contributed by atoms with van der Waals surface area (Å²) in [5.41, 5.74) is 1.22. The number of hydrogen-bond acceptors (Lipinski definition) is 5. The summed E-state index contributed by atoms with van der Waals surface area (Å²) in [6.07, 6.45) is 2.15. The van der Waals surface area contributed by atoms with Gasteiger partial charge in [-0.3, -0.25) is 19.1 Å². The van der Waals surface area contributed by atoms with Gasteiger partial charge >= 0.3 is 5.97 Å². The summed E-state index contributed by atoms with van der Waals surface area (Å²) in [6.45, 7) is 0.143. The predicted octanol–water partition coefficient (Wildman–Crippen LogP) is 2.00. The third-order valence-corrected chi connectivity index (χ3v) is 3.74. The fraction of sp³-hybridized carbons (Fsp3) is 0.222. The fourth-order valence-electron chi connectivity index (χ4n) is 2.41. The molecule has 0 unspecified atom stereocenters. The Morgan fingerprint density at radius 3 is 2.75 bits per heavy atom. The molecule has 0 aliphatic heterocycles. The quantitative estimate of drug-likeness (QED) is 0.672. The molecule has 3 rings (SSSR count). The largest absolute Gasteiger partial charge is 0.459 e. The highest BCUT2D eigenvalue weighted by atomic mass is 16.5. The van der Waals surface area contributed by atoms with E-state index in [-0.39, 0.29) is 24.6 Å². The van der Waals surface area contributed by atoms with Crippen molar-refractivity contribution in [2.24, 2.45) is 7.05 Å². The van der Waals surface area contributed by atoms with Crippen molar-refractivity contribution < 1.29 is 9.53 Å². The minimum atomic E-state index is -0.344. The van der Waals surface area contributed by atoms with E-state index in [0.29, 0.717) is 28.8 Å². The molecule has 2 heterocycles. The molecule has 0 atom stereocenters. The van der Waals surface area contributed by atoms with Crippen molar-refractivity contribution >= 4 is 16.9 Å². The zero-order valence-electron chi connectivity index (χ0n) is 13.3. The maximum absolute atomic E-state index is 12.3. The molecular weight excluding hydrogens is 306 g/mol. The Balaban J connectivity index is 1.66. The van der Waals surface area contributed by atoms with Crippen LogP contribution in [0.4, 0.5) is 0 Å². The average molecular weight is 323 g/mol. The van der Waals surface area contributed by atoms with Gasteiger partial charge in [0.2, 0.25) is 0 Å². The van der Waals surface area contributed by atoms with Crippen LogP contribution in [0.3, 0.4) is 0 Å². The van der Waals surface area contributed by atoms with E-state index >= 15 is 0 Å². The molecule has 0 saturated carbocycles. The highest BCUT2D eigenvalue weighted by molar-refractivity contribution is 5.77. The number of nitrogens with zero attached hydrogens (tertiary/aromatic N) is 3. The van der Waals surface area contributed by atoms with Crippen LogP contribution in [0.5, 0.6) is 0 Å². The minimum absolute atomic E-state index is 0.113. The van der Waals surface area contributed by atoms with Gasteiger partial charge in [-0.25, -0.2) is 4.98 Å². The maximum Gasteiger partial charge on any atom is 0.306 e. The van der Waals surface area contributed by atoms with Crippen molar-refractivity contribution in [3.8, 4) is 0 Å². The first kappa shape index (κ1) is 15.9. The Morgan fingerprint density at radius 1 is 1.17 bits per heavy atom. The molecule has 0 aliphatic carbocycles. The number of hydrogen-bond donors (Lipinski definition) is 0. The lowest BCUT2D eigenvalue weighted by atomic mass is 10.2. The number of ether oxygens (including phenoxy) is 1. The Labute approximate surface area is 138 Å². The molecule has 0 saturated heterocycles. The Bertz CT molecular complexity index is 920. The molecule has 24 heavy (non-hydrogen) atoms. The van der Waals surface area contributed by atoms with Crippen LogP contribution in [0, 0.1) is 0 Å². The van der Waals surface area contributed by atoms with Crippen LogP contribution in [-0.4, -0.2) is 20.5 Å².